The number of anilines is 1. The molecule has 3 fully saturated rings. The van der Waals surface area contributed by atoms with Gasteiger partial charge in [-0.3, -0.25) is 0 Å². The summed E-state index contributed by atoms with van der Waals surface area (Å²) in [7, 11) is 2.11. The monoisotopic (exact) mass is 391 g/mol. The Kier molecular flexibility index (Phi) is 4.25. The highest BCUT2D eigenvalue weighted by Crippen LogP contribution is 2.37. The van der Waals surface area contributed by atoms with Crippen LogP contribution < -0.4 is 4.90 Å². The van der Waals surface area contributed by atoms with Crippen molar-refractivity contribution in [2.24, 2.45) is 0 Å². The fourth-order valence-corrected chi connectivity index (χ4v) is 4.22. The molecule has 0 amide bonds. The fraction of sp³-hybridized carbons (Fsp3) is 0.688. The van der Waals surface area contributed by atoms with Gasteiger partial charge >= 0.3 is 0 Å². The Morgan fingerprint density at radius 2 is 1.93 bits per heavy atom. The largest absolute Gasteiger partial charge is 0.371 e. The van der Waals surface area contributed by atoms with Crippen LogP contribution in [0.4, 0.5) is 5.82 Å². The van der Waals surface area contributed by atoms with Crippen LogP contribution in [-0.2, 0) is 14.3 Å². The Hall–Kier alpha value is -2.57. The minimum absolute atomic E-state index is 0.126. The van der Waals surface area contributed by atoms with E-state index in [0.717, 1.165) is 37.5 Å². The number of aromatic nitrogens is 4. The van der Waals surface area contributed by atoms with Crippen molar-refractivity contribution in [2.45, 2.75) is 24.4 Å². The first kappa shape index (κ1) is 17.5. The molecule has 28 heavy (non-hydrogen) atoms. The lowest BCUT2D eigenvalue weighted by Crippen LogP contribution is -2.44. The standard InChI is InChI=1S/C16H21N7O5/c1-20-2-4-21(5-3-20)15-12-16(18-8-17-15)22(9-19-12)10-6-26-14-11(28-23(24)25)7-27-13(10)14/h8-11,13-14H,2-7H2,1H3/t10-,11-,13+,14+/m0/s1. The van der Waals surface area contributed by atoms with Crippen LogP contribution in [0.5, 0.6) is 0 Å². The predicted octanol–water partition coefficient (Wildman–Crippen LogP) is -0.506. The molecule has 5 heterocycles. The van der Waals surface area contributed by atoms with Gasteiger partial charge in [0.25, 0.3) is 5.09 Å². The first-order valence-corrected chi connectivity index (χ1v) is 9.27. The van der Waals surface area contributed by atoms with Gasteiger partial charge in [0.2, 0.25) is 0 Å². The van der Waals surface area contributed by atoms with Crippen LogP contribution in [0.1, 0.15) is 6.04 Å². The normalized spacial score (nSPS) is 30.7. The van der Waals surface area contributed by atoms with E-state index >= 15 is 0 Å². The lowest BCUT2D eigenvalue weighted by molar-refractivity contribution is -0.769. The number of piperazine rings is 1. The predicted molar refractivity (Wildman–Crippen MR) is 95.4 cm³/mol. The van der Waals surface area contributed by atoms with Gasteiger partial charge in [-0.1, -0.05) is 0 Å². The third kappa shape index (κ3) is 2.84. The molecule has 150 valence electrons. The topological polar surface area (TPSA) is 121 Å². The van der Waals surface area contributed by atoms with Crippen molar-refractivity contribution in [3.05, 3.63) is 22.8 Å². The van der Waals surface area contributed by atoms with Gasteiger partial charge in [-0.2, -0.15) is 0 Å². The lowest BCUT2D eigenvalue weighted by atomic mass is 10.1. The van der Waals surface area contributed by atoms with Gasteiger partial charge in [-0.25, -0.2) is 15.0 Å². The van der Waals surface area contributed by atoms with E-state index in [1.54, 1.807) is 12.7 Å². The number of nitrogens with zero attached hydrogens (tertiary/aromatic N) is 7. The summed E-state index contributed by atoms with van der Waals surface area (Å²) in [5.41, 5.74) is 1.45. The molecule has 0 N–H and O–H groups in total. The third-order valence-corrected chi connectivity index (χ3v) is 5.70. The lowest BCUT2D eigenvalue weighted by Gasteiger charge is -2.33. The summed E-state index contributed by atoms with van der Waals surface area (Å²) in [6.07, 6.45) is 1.74. The first-order chi connectivity index (χ1) is 13.6. The molecule has 0 saturated carbocycles. The number of hydrogen-bond donors (Lipinski definition) is 0. The van der Waals surface area contributed by atoms with Gasteiger partial charge in [0, 0.05) is 26.2 Å². The number of fused-ring (bicyclic) bond motifs is 2. The molecule has 0 radical (unpaired) electrons. The van der Waals surface area contributed by atoms with Crippen LogP contribution in [0.3, 0.4) is 0 Å². The van der Waals surface area contributed by atoms with Crippen molar-refractivity contribution < 1.29 is 19.4 Å². The molecular weight excluding hydrogens is 370 g/mol. The van der Waals surface area contributed by atoms with E-state index in [0.29, 0.717) is 12.3 Å². The van der Waals surface area contributed by atoms with Gasteiger partial charge < -0.3 is 28.7 Å². The SMILES string of the molecule is CN1CCN(c2ncnc3c2ncn3[C@H]2CO[C@H]3[C@@H]2OC[C@@H]3O[N+](=O)[O-])CC1. The number of hydrogen-bond acceptors (Lipinski definition) is 10. The second kappa shape index (κ2) is 6.79. The average Bonchev–Trinajstić information content (AvgIpc) is 3.37. The minimum Gasteiger partial charge on any atom is -0.371 e. The third-order valence-electron chi connectivity index (χ3n) is 5.70. The number of imidazole rings is 1. The molecule has 0 aliphatic carbocycles. The summed E-state index contributed by atoms with van der Waals surface area (Å²) in [5, 5.41) is 9.87. The molecule has 0 aromatic carbocycles. The quantitative estimate of drug-likeness (QED) is 0.498. The van der Waals surface area contributed by atoms with E-state index in [2.05, 4.69) is 31.8 Å². The zero-order valence-electron chi connectivity index (χ0n) is 15.4. The molecule has 3 saturated heterocycles. The van der Waals surface area contributed by atoms with E-state index in [1.807, 2.05) is 4.57 Å². The van der Waals surface area contributed by atoms with Gasteiger partial charge in [0.15, 0.2) is 23.1 Å². The van der Waals surface area contributed by atoms with Gasteiger partial charge in [0.1, 0.15) is 18.5 Å². The Morgan fingerprint density at radius 1 is 1.14 bits per heavy atom. The number of ether oxygens (including phenoxy) is 2. The summed E-state index contributed by atoms with van der Waals surface area (Å²) in [6.45, 7) is 4.19. The number of rotatable bonds is 4. The van der Waals surface area contributed by atoms with Crippen LogP contribution in [0, 0.1) is 10.1 Å². The van der Waals surface area contributed by atoms with E-state index in [9.17, 15) is 10.1 Å². The van der Waals surface area contributed by atoms with Gasteiger partial charge in [-0.15, -0.1) is 10.1 Å². The maximum Gasteiger partial charge on any atom is 0.294 e. The highest BCUT2D eigenvalue weighted by molar-refractivity contribution is 5.83. The van der Waals surface area contributed by atoms with Crippen molar-refractivity contribution in [1.82, 2.24) is 24.4 Å². The van der Waals surface area contributed by atoms with Gasteiger partial charge in [0.05, 0.1) is 25.6 Å². The number of likely N-dealkylation sites (N-methyl/N-ethyl adjacent to an activating group) is 1. The Bertz CT molecular complexity index is 883. The molecule has 4 atom stereocenters. The highest BCUT2D eigenvalue weighted by atomic mass is 17.0. The van der Waals surface area contributed by atoms with Crippen LogP contribution in [0.25, 0.3) is 11.2 Å². The molecule has 12 nitrogen and oxygen atoms in total. The van der Waals surface area contributed by atoms with Crippen LogP contribution in [-0.4, -0.2) is 94.3 Å². The van der Waals surface area contributed by atoms with Crippen molar-refractivity contribution in [1.29, 1.82) is 0 Å². The summed E-state index contributed by atoms with van der Waals surface area (Å²) in [4.78, 5) is 33.4. The molecular formula is C16H21N7O5. The highest BCUT2D eigenvalue weighted by Gasteiger charge is 2.50. The van der Waals surface area contributed by atoms with Gasteiger partial charge in [-0.05, 0) is 7.05 Å². The Balaban J connectivity index is 1.42. The zero-order chi connectivity index (χ0) is 19.3. The first-order valence-electron chi connectivity index (χ1n) is 9.27. The van der Waals surface area contributed by atoms with Crippen molar-refractivity contribution in [2.75, 3.05) is 51.3 Å². The maximum atomic E-state index is 10.7. The second-order valence-corrected chi connectivity index (χ2v) is 7.34. The van der Waals surface area contributed by atoms with Crippen molar-refractivity contribution in [3.63, 3.8) is 0 Å². The molecule has 0 unspecified atom stereocenters. The van der Waals surface area contributed by atoms with E-state index in [1.165, 1.54) is 0 Å². The van der Waals surface area contributed by atoms with E-state index < -0.39 is 17.3 Å². The zero-order valence-corrected chi connectivity index (χ0v) is 15.4. The van der Waals surface area contributed by atoms with Crippen molar-refractivity contribution >= 4 is 17.0 Å². The molecule has 3 aliphatic heterocycles. The minimum atomic E-state index is -0.796. The molecule has 0 bridgehead atoms. The summed E-state index contributed by atoms with van der Waals surface area (Å²) >= 11 is 0. The molecule has 2 aromatic rings. The molecule has 5 rings (SSSR count). The molecule has 3 aliphatic rings. The van der Waals surface area contributed by atoms with Crippen LogP contribution in [0.15, 0.2) is 12.7 Å². The average molecular weight is 391 g/mol. The molecule has 12 heteroatoms. The van der Waals surface area contributed by atoms with Crippen LogP contribution in [0.2, 0.25) is 0 Å². The maximum absolute atomic E-state index is 10.7. The molecule has 2 aromatic heterocycles. The van der Waals surface area contributed by atoms with E-state index in [-0.39, 0.29) is 18.8 Å². The summed E-state index contributed by atoms with van der Waals surface area (Å²) in [6, 6.07) is -0.175. The Labute approximate surface area is 160 Å². The van der Waals surface area contributed by atoms with Crippen molar-refractivity contribution in [3.8, 4) is 0 Å². The Morgan fingerprint density at radius 3 is 2.71 bits per heavy atom. The smallest absolute Gasteiger partial charge is 0.294 e. The summed E-state index contributed by atoms with van der Waals surface area (Å²) < 4.78 is 13.5. The summed E-state index contributed by atoms with van der Waals surface area (Å²) in [5.74, 6) is 0.828. The van der Waals surface area contributed by atoms with Crippen LogP contribution >= 0.6 is 0 Å². The second-order valence-electron chi connectivity index (χ2n) is 7.34. The van der Waals surface area contributed by atoms with E-state index in [4.69, 9.17) is 14.3 Å². The fourth-order valence-electron chi connectivity index (χ4n) is 4.22. The molecule has 0 spiro atoms.